The minimum Gasteiger partial charge on any atom is -0.378 e. The van der Waals surface area contributed by atoms with Crippen molar-refractivity contribution < 1.29 is 22.3 Å². The SMILES string of the molecule is C=CC(=O)N1CCC[C@H]1c1ccc(N2C[C@H](CS(C)(=O)=O)[C@H]2C)c2cnc(Nc3ccnc(N4CC[C@@H](OC)[C@@H](F)C4)c3)nc12. The lowest BCUT2D eigenvalue weighted by Crippen LogP contribution is -2.57. The van der Waals surface area contributed by atoms with Gasteiger partial charge in [-0.05, 0) is 44.4 Å². The molecule has 1 aromatic carbocycles. The molecule has 11 nitrogen and oxygen atoms in total. The molecule has 0 aliphatic carbocycles. The lowest BCUT2D eigenvalue weighted by Gasteiger charge is -2.48. The minimum absolute atomic E-state index is 0.0324. The van der Waals surface area contributed by atoms with E-state index in [1.165, 1.54) is 19.4 Å². The van der Waals surface area contributed by atoms with Crippen LogP contribution >= 0.6 is 0 Å². The Bertz CT molecular complexity index is 1710. The fourth-order valence-electron chi connectivity index (χ4n) is 6.92. The first-order valence-electron chi connectivity index (χ1n) is 15.4. The number of ether oxygens (including phenoxy) is 1. The van der Waals surface area contributed by atoms with Gasteiger partial charge in [0.2, 0.25) is 11.9 Å². The number of anilines is 4. The number of halogens is 1. The molecule has 1 N–H and O–H groups in total. The number of amides is 1. The van der Waals surface area contributed by atoms with E-state index in [9.17, 15) is 17.6 Å². The Morgan fingerprint density at radius 1 is 1.20 bits per heavy atom. The first kappa shape index (κ1) is 31.2. The van der Waals surface area contributed by atoms with Crippen LogP contribution in [0.4, 0.5) is 27.5 Å². The molecule has 3 aliphatic heterocycles. The second kappa shape index (κ2) is 12.5. The molecule has 0 saturated carbocycles. The summed E-state index contributed by atoms with van der Waals surface area (Å²) in [5.41, 5.74) is 3.31. The van der Waals surface area contributed by atoms with Crippen molar-refractivity contribution in [1.82, 2.24) is 19.9 Å². The third-order valence-corrected chi connectivity index (χ3v) is 10.4. The largest absolute Gasteiger partial charge is 0.378 e. The average molecular weight is 638 g/mol. The quantitative estimate of drug-likeness (QED) is 0.344. The number of hydrogen-bond acceptors (Lipinski definition) is 10. The summed E-state index contributed by atoms with van der Waals surface area (Å²) in [5.74, 6) is 1.11. The summed E-state index contributed by atoms with van der Waals surface area (Å²) in [6.45, 7) is 7.84. The van der Waals surface area contributed by atoms with E-state index in [0.717, 1.165) is 35.0 Å². The molecule has 3 saturated heterocycles. The van der Waals surface area contributed by atoms with Crippen molar-refractivity contribution in [2.45, 2.75) is 50.5 Å². The molecule has 240 valence electrons. The van der Waals surface area contributed by atoms with Crippen molar-refractivity contribution >= 4 is 49.8 Å². The fraction of sp³-hybridized carbons (Fsp3) is 0.500. The Kier molecular flexibility index (Phi) is 8.66. The molecule has 6 rings (SSSR count). The topological polar surface area (TPSA) is 121 Å². The molecule has 2 aromatic heterocycles. The number of carbonyl (C=O) groups excluding carboxylic acids is 1. The molecule has 0 spiro atoms. The van der Waals surface area contributed by atoms with Crippen molar-refractivity contribution in [2.24, 2.45) is 5.92 Å². The van der Waals surface area contributed by atoms with Gasteiger partial charge in [-0.25, -0.2) is 27.8 Å². The van der Waals surface area contributed by atoms with Crippen LogP contribution in [0.1, 0.15) is 37.8 Å². The maximum Gasteiger partial charge on any atom is 0.246 e. The monoisotopic (exact) mass is 637 g/mol. The molecule has 0 bridgehead atoms. The lowest BCUT2D eigenvalue weighted by molar-refractivity contribution is -0.126. The van der Waals surface area contributed by atoms with Gasteiger partial charge in [0.05, 0.1) is 30.0 Å². The molecule has 0 radical (unpaired) electrons. The molecule has 3 aliphatic rings. The summed E-state index contributed by atoms with van der Waals surface area (Å²) < 4.78 is 43.8. The molecule has 5 atom stereocenters. The maximum atomic E-state index is 14.6. The molecular weight excluding hydrogens is 597 g/mol. The number of benzene rings is 1. The van der Waals surface area contributed by atoms with Crippen LogP contribution in [0.25, 0.3) is 10.9 Å². The number of nitrogens with zero attached hydrogens (tertiary/aromatic N) is 6. The van der Waals surface area contributed by atoms with E-state index in [-0.39, 0.29) is 36.2 Å². The van der Waals surface area contributed by atoms with Gasteiger partial charge in [0, 0.05) is 85.7 Å². The smallest absolute Gasteiger partial charge is 0.246 e. The number of likely N-dealkylation sites (tertiary alicyclic amines) is 1. The fourth-order valence-corrected chi connectivity index (χ4v) is 8.08. The van der Waals surface area contributed by atoms with Crippen molar-refractivity contribution in [2.75, 3.05) is 60.4 Å². The Labute approximate surface area is 263 Å². The highest BCUT2D eigenvalue weighted by molar-refractivity contribution is 7.90. The van der Waals surface area contributed by atoms with Crippen LogP contribution in [-0.4, -0.2) is 97.8 Å². The molecule has 45 heavy (non-hydrogen) atoms. The number of aromatic nitrogens is 3. The third kappa shape index (κ3) is 6.32. The minimum atomic E-state index is -3.09. The Balaban J connectivity index is 1.33. The molecule has 1 amide bonds. The molecule has 13 heteroatoms. The average Bonchev–Trinajstić information content (AvgIpc) is 3.51. The van der Waals surface area contributed by atoms with Gasteiger partial charge in [0.25, 0.3) is 0 Å². The van der Waals surface area contributed by atoms with Crippen LogP contribution in [0, 0.1) is 5.92 Å². The number of carbonyl (C=O) groups is 1. The van der Waals surface area contributed by atoms with Crippen LogP contribution < -0.4 is 15.1 Å². The van der Waals surface area contributed by atoms with Gasteiger partial charge < -0.3 is 24.8 Å². The summed E-state index contributed by atoms with van der Waals surface area (Å²) in [6.07, 6.45) is 6.85. The molecule has 0 unspecified atom stereocenters. The Morgan fingerprint density at radius 2 is 2.02 bits per heavy atom. The summed E-state index contributed by atoms with van der Waals surface area (Å²) in [7, 11) is -1.55. The predicted molar refractivity (Wildman–Crippen MR) is 173 cm³/mol. The number of piperidine rings is 1. The normalized spacial score (nSPS) is 25.3. The summed E-state index contributed by atoms with van der Waals surface area (Å²) in [4.78, 5) is 32.8. The van der Waals surface area contributed by atoms with Crippen LogP contribution in [0.5, 0.6) is 0 Å². The first-order chi connectivity index (χ1) is 21.6. The highest BCUT2D eigenvalue weighted by Crippen LogP contribution is 2.42. The predicted octanol–water partition coefficient (Wildman–Crippen LogP) is 4.05. The van der Waals surface area contributed by atoms with Gasteiger partial charge in [-0.15, -0.1) is 0 Å². The van der Waals surface area contributed by atoms with Crippen LogP contribution in [0.2, 0.25) is 0 Å². The summed E-state index contributed by atoms with van der Waals surface area (Å²) in [5, 5.41) is 4.14. The molecule has 5 heterocycles. The molecular formula is C32H40FN7O4S. The lowest BCUT2D eigenvalue weighted by atomic mass is 9.89. The van der Waals surface area contributed by atoms with E-state index in [2.05, 4.69) is 26.8 Å². The van der Waals surface area contributed by atoms with Gasteiger partial charge >= 0.3 is 0 Å². The van der Waals surface area contributed by atoms with Crippen LogP contribution in [-0.2, 0) is 19.4 Å². The van der Waals surface area contributed by atoms with Gasteiger partial charge in [0.1, 0.15) is 21.8 Å². The van der Waals surface area contributed by atoms with E-state index in [0.29, 0.717) is 43.5 Å². The van der Waals surface area contributed by atoms with Gasteiger partial charge in [0.15, 0.2) is 0 Å². The standard InChI is InChI=1S/C32H40FN7O4S/c1-5-30(41)39-13-6-7-26(39)23-8-9-27(40-17-21(20(40)2)19-45(4,42)43)24-16-35-32(37-31(23)24)36-22-10-12-34-29(15-22)38-14-11-28(44-3)25(33)18-38/h5,8-10,12,15-16,20-21,25-26,28H,1,6-7,11,13-14,17-19H2,2-4H3,(H,34,35,36,37)/t20-,21-,25+,26+,28-/m1/s1. The Hall–Kier alpha value is -3.84. The number of pyridine rings is 1. The molecule has 3 aromatic rings. The summed E-state index contributed by atoms with van der Waals surface area (Å²) >= 11 is 0. The van der Waals surface area contributed by atoms with Crippen molar-refractivity contribution in [3.63, 3.8) is 0 Å². The number of methoxy groups -OCH3 is 1. The number of rotatable bonds is 9. The van der Waals surface area contributed by atoms with Gasteiger partial charge in [-0.1, -0.05) is 12.6 Å². The number of hydrogen-bond donors (Lipinski definition) is 1. The highest BCUT2D eigenvalue weighted by atomic mass is 32.2. The third-order valence-electron chi connectivity index (χ3n) is 9.37. The van der Waals surface area contributed by atoms with E-state index in [1.54, 1.807) is 12.4 Å². The zero-order valence-electron chi connectivity index (χ0n) is 25.9. The second-order valence-electron chi connectivity index (χ2n) is 12.3. The zero-order valence-corrected chi connectivity index (χ0v) is 26.7. The maximum absolute atomic E-state index is 14.6. The van der Waals surface area contributed by atoms with E-state index < -0.39 is 22.1 Å². The highest BCUT2D eigenvalue weighted by Gasteiger charge is 2.39. The second-order valence-corrected chi connectivity index (χ2v) is 14.5. The van der Waals surface area contributed by atoms with Crippen molar-refractivity contribution in [1.29, 1.82) is 0 Å². The van der Waals surface area contributed by atoms with Gasteiger partial charge in [-0.2, -0.15) is 0 Å². The van der Waals surface area contributed by atoms with Gasteiger partial charge in [-0.3, -0.25) is 4.79 Å². The van der Waals surface area contributed by atoms with Crippen LogP contribution in [0.3, 0.4) is 0 Å². The number of nitrogens with one attached hydrogen (secondary N) is 1. The summed E-state index contributed by atoms with van der Waals surface area (Å²) in [6, 6.07) is 7.62. The van der Waals surface area contributed by atoms with Crippen LogP contribution in [0.15, 0.2) is 49.3 Å². The number of sulfone groups is 1. The number of alkyl halides is 1. The Morgan fingerprint density at radius 3 is 2.73 bits per heavy atom. The first-order valence-corrected chi connectivity index (χ1v) is 17.4. The number of fused-ring (bicyclic) bond motifs is 1. The van der Waals surface area contributed by atoms with E-state index in [1.807, 2.05) is 41.0 Å². The van der Waals surface area contributed by atoms with E-state index >= 15 is 0 Å². The molecule has 3 fully saturated rings. The van der Waals surface area contributed by atoms with E-state index in [4.69, 9.17) is 9.72 Å². The van der Waals surface area contributed by atoms with Crippen molar-refractivity contribution in [3.05, 3.63) is 54.9 Å². The zero-order chi connectivity index (χ0) is 31.9. The van der Waals surface area contributed by atoms with Crippen molar-refractivity contribution in [3.8, 4) is 0 Å².